The lowest BCUT2D eigenvalue weighted by Gasteiger charge is -2.17. The van der Waals surface area contributed by atoms with E-state index in [2.05, 4.69) is 5.32 Å². The summed E-state index contributed by atoms with van der Waals surface area (Å²) in [5.74, 6) is -1.55. The van der Waals surface area contributed by atoms with Crippen LogP contribution in [0.3, 0.4) is 0 Å². The molecule has 1 aliphatic heterocycles. The van der Waals surface area contributed by atoms with Crippen LogP contribution in [0.25, 0.3) is 0 Å². The van der Waals surface area contributed by atoms with E-state index in [1.165, 1.54) is 17.0 Å². The number of hydrogen-bond acceptors (Lipinski definition) is 2. The van der Waals surface area contributed by atoms with Crippen LogP contribution < -0.4 is 5.32 Å². The zero-order valence-corrected chi connectivity index (χ0v) is 13.3. The number of carbonyl (C=O) groups is 2. The number of nitrogens with zero attached hydrogens (tertiary/aromatic N) is 1. The number of urea groups is 1. The maximum atomic E-state index is 12.2. The number of carboxylic acid groups (broad SMARTS) is 1. The van der Waals surface area contributed by atoms with E-state index in [0.29, 0.717) is 17.3 Å². The Bertz CT molecular complexity index is 594. The molecule has 114 valence electrons. The van der Waals surface area contributed by atoms with Crippen LogP contribution in [0, 0.1) is 11.8 Å². The number of carbonyl (C=O) groups excluding carboxylic acids is 1. The first-order chi connectivity index (χ1) is 9.79. The first-order valence-corrected chi connectivity index (χ1v) is 7.36. The third kappa shape index (κ3) is 3.54. The third-order valence-electron chi connectivity index (χ3n) is 3.47. The van der Waals surface area contributed by atoms with Gasteiger partial charge in [0.2, 0.25) is 0 Å². The van der Waals surface area contributed by atoms with Crippen LogP contribution in [0.5, 0.6) is 0 Å². The summed E-state index contributed by atoms with van der Waals surface area (Å²) in [7, 11) is 0. The van der Waals surface area contributed by atoms with Gasteiger partial charge in [0.25, 0.3) is 0 Å². The average molecular weight is 352 g/mol. The van der Waals surface area contributed by atoms with E-state index in [4.69, 9.17) is 39.9 Å². The number of nitrogens with one attached hydrogen (secondary N) is 1. The Balaban J connectivity index is 2.09. The summed E-state index contributed by atoms with van der Waals surface area (Å²) in [6.45, 7) is 2.35. The number of aliphatic carboxylic acids is 1. The largest absolute Gasteiger partial charge is 0.481 e. The predicted molar refractivity (Wildman–Crippen MR) is 82.4 cm³/mol. The molecule has 0 saturated carbocycles. The number of carboxylic acids is 1. The van der Waals surface area contributed by atoms with Gasteiger partial charge in [-0.1, -0.05) is 41.7 Å². The molecule has 8 heteroatoms. The summed E-state index contributed by atoms with van der Waals surface area (Å²) in [6, 6.07) is 2.48. The van der Waals surface area contributed by atoms with Crippen molar-refractivity contribution in [1.82, 2.24) is 4.90 Å². The molecular weight excluding hydrogens is 339 g/mol. The van der Waals surface area contributed by atoms with E-state index in [0.717, 1.165) is 0 Å². The maximum absolute atomic E-state index is 12.2. The van der Waals surface area contributed by atoms with Crippen molar-refractivity contribution >= 4 is 52.5 Å². The van der Waals surface area contributed by atoms with Gasteiger partial charge in [-0.15, -0.1) is 0 Å². The van der Waals surface area contributed by atoms with Gasteiger partial charge in [0.15, 0.2) is 0 Å². The van der Waals surface area contributed by atoms with Gasteiger partial charge in [0.1, 0.15) is 0 Å². The van der Waals surface area contributed by atoms with Crippen LogP contribution in [0.4, 0.5) is 10.5 Å². The molecule has 2 amide bonds. The zero-order chi connectivity index (χ0) is 15.7. The van der Waals surface area contributed by atoms with E-state index >= 15 is 0 Å². The van der Waals surface area contributed by atoms with E-state index < -0.39 is 17.9 Å². The number of likely N-dealkylation sites (tertiary alicyclic amines) is 1. The van der Waals surface area contributed by atoms with Crippen molar-refractivity contribution in [2.45, 2.75) is 6.92 Å². The molecule has 1 aromatic carbocycles. The maximum Gasteiger partial charge on any atom is 0.321 e. The standard InChI is InChI=1S/C13H13Cl3N2O3/c1-6-4-18(5-7(6)12(19)20)13(21)17-11-3-9(15)8(14)2-10(11)16/h2-3,6-7H,4-5H2,1H3,(H,17,21)(H,19,20)/t6-,7-/m1/s1. The van der Waals surface area contributed by atoms with Crippen LogP contribution in [-0.2, 0) is 4.79 Å². The topological polar surface area (TPSA) is 69.6 Å². The molecular formula is C13H13Cl3N2O3. The summed E-state index contributed by atoms with van der Waals surface area (Å²) >= 11 is 17.7. The Morgan fingerprint density at radius 1 is 1.19 bits per heavy atom. The minimum atomic E-state index is -0.898. The minimum absolute atomic E-state index is 0.0995. The number of benzene rings is 1. The highest BCUT2D eigenvalue weighted by Crippen LogP contribution is 2.33. The molecule has 0 radical (unpaired) electrons. The van der Waals surface area contributed by atoms with Crippen molar-refractivity contribution in [2.24, 2.45) is 11.8 Å². The fourth-order valence-corrected chi connectivity index (χ4v) is 2.86. The van der Waals surface area contributed by atoms with Crippen LogP contribution in [0.1, 0.15) is 6.92 Å². The Morgan fingerprint density at radius 3 is 2.38 bits per heavy atom. The first kappa shape index (κ1) is 16.2. The van der Waals surface area contributed by atoms with E-state index in [1.54, 1.807) is 6.92 Å². The molecule has 1 fully saturated rings. The quantitative estimate of drug-likeness (QED) is 0.796. The molecule has 0 bridgehead atoms. The third-order valence-corrected chi connectivity index (χ3v) is 4.50. The molecule has 0 unspecified atom stereocenters. The second-order valence-corrected chi connectivity index (χ2v) is 6.22. The number of amides is 2. The molecule has 1 heterocycles. The van der Waals surface area contributed by atoms with Crippen LogP contribution in [-0.4, -0.2) is 35.1 Å². The van der Waals surface area contributed by atoms with Crippen LogP contribution in [0.15, 0.2) is 12.1 Å². The lowest BCUT2D eigenvalue weighted by Crippen LogP contribution is -2.33. The summed E-state index contributed by atoms with van der Waals surface area (Å²) in [5, 5.41) is 12.5. The average Bonchev–Trinajstić information content (AvgIpc) is 2.78. The second-order valence-electron chi connectivity index (χ2n) is 5.00. The van der Waals surface area contributed by atoms with Crippen LogP contribution >= 0.6 is 34.8 Å². The fourth-order valence-electron chi connectivity index (χ4n) is 2.27. The van der Waals surface area contributed by atoms with Crippen LogP contribution in [0.2, 0.25) is 15.1 Å². The number of rotatable bonds is 2. The lowest BCUT2D eigenvalue weighted by atomic mass is 9.99. The Kier molecular flexibility index (Phi) is 4.86. The molecule has 1 saturated heterocycles. The van der Waals surface area contributed by atoms with E-state index in [-0.39, 0.29) is 22.5 Å². The highest BCUT2D eigenvalue weighted by atomic mass is 35.5. The van der Waals surface area contributed by atoms with Gasteiger partial charge in [-0.25, -0.2) is 4.79 Å². The number of halogens is 3. The van der Waals surface area contributed by atoms with Crippen molar-refractivity contribution < 1.29 is 14.7 Å². The highest BCUT2D eigenvalue weighted by Gasteiger charge is 2.37. The fraction of sp³-hybridized carbons (Fsp3) is 0.385. The molecule has 1 aliphatic rings. The van der Waals surface area contributed by atoms with Crippen molar-refractivity contribution in [3.8, 4) is 0 Å². The summed E-state index contributed by atoms with van der Waals surface area (Å²) < 4.78 is 0. The summed E-state index contributed by atoms with van der Waals surface area (Å²) in [6.07, 6.45) is 0. The van der Waals surface area contributed by atoms with Gasteiger partial charge < -0.3 is 15.3 Å². The smallest absolute Gasteiger partial charge is 0.321 e. The van der Waals surface area contributed by atoms with Crippen molar-refractivity contribution in [1.29, 1.82) is 0 Å². The van der Waals surface area contributed by atoms with E-state index in [9.17, 15) is 9.59 Å². The van der Waals surface area contributed by atoms with E-state index in [1.807, 2.05) is 0 Å². The Hall–Kier alpha value is -1.17. The van der Waals surface area contributed by atoms with Crippen molar-refractivity contribution in [3.63, 3.8) is 0 Å². The monoisotopic (exact) mass is 350 g/mol. The molecule has 1 aromatic rings. The number of anilines is 1. The van der Waals surface area contributed by atoms with Gasteiger partial charge in [-0.05, 0) is 18.1 Å². The first-order valence-electron chi connectivity index (χ1n) is 6.23. The van der Waals surface area contributed by atoms with Gasteiger partial charge in [0.05, 0.1) is 26.7 Å². The minimum Gasteiger partial charge on any atom is -0.481 e. The SMILES string of the molecule is C[C@@H]1CN(C(=O)Nc2cc(Cl)c(Cl)cc2Cl)C[C@H]1C(=O)O. The molecule has 5 nitrogen and oxygen atoms in total. The molecule has 0 aromatic heterocycles. The van der Waals surface area contributed by atoms with Gasteiger partial charge in [-0.2, -0.15) is 0 Å². The van der Waals surface area contributed by atoms with Gasteiger partial charge >= 0.3 is 12.0 Å². The molecule has 0 aliphatic carbocycles. The summed E-state index contributed by atoms with van der Waals surface area (Å²) in [4.78, 5) is 24.7. The molecule has 0 spiro atoms. The predicted octanol–water partition coefficient (Wildman–Crippen LogP) is 3.83. The molecule has 21 heavy (non-hydrogen) atoms. The van der Waals surface area contributed by atoms with Crippen molar-refractivity contribution in [2.75, 3.05) is 18.4 Å². The lowest BCUT2D eigenvalue weighted by molar-refractivity contribution is -0.142. The Morgan fingerprint density at radius 2 is 1.81 bits per heavy atom. The Labute approximate surface area is 136 Å². The second kappa shape index (κ2) is 6.30. The normalized spacial score (nSPS) is 21.4. The molecule has 2 atom stereocenters. The number of hydrogen-bond donors (Lipinski definition) is 2. The highest BCUT2D eigenvalue weighted by molar-refractivity contribution is 6.44. The van der Waals surface area contributed by atoms with Gasteiger partial charge in [-0.3, -0.25) is 4.79 Å². The zero-order valence-electron chi connectivity index (χ0n) is 11.1. The molecule has 2 N–H and O–H groups in total. The molecule has 2 rings (SSSR count). The van der Waals surface area contributed by atoms with Crippen molar-refractivity contribution in [3.05, 3.63) is 27.2 Å². The summed E-state index contributed by atoms with van der Waals surface area (Å²) in [5.41, 5.74) is 0.336. The van der Waals surface area contributed by atoms with Gasteiger partial charge in [0, 0.05) is 13.1 Å².